The highest BCUT2D eigenvalue weighted by Crippen LogP contribution is 2.29. The van der Waals surface area contributed by atoms with Gasteiger partial charge in [-0.2, -0.15) is 0 Å². The van der Waals surface area contributed by atoms with Crippen molar-refractivity contribution in [3.63, 3.8) is 0 Å². The SMILES string of the molecule is Cc1cc(Cl)nc(-c2ccc(Br)s2)n1. The number of thiophene rings is 1. The first-order valence-corrected chi connectivity index (χ1v) is 5.91. The van der Waals surface area contributed by atoms with Crippen molar-refractivity contribution in [1.82, 2.24) is 9.97 Å². The molecule has 0 saturated carbocycles. The van der Waals surface area contributed by atoms with Gasteiger partial charge in [-0.15, -0.1) is 11.3 Å². The summed E-state index contributed by atoms with van der Waals surface area (Å²) in [5.41, 5.74) is 0.879. The Balaban J connectivity index is 2.51. The molecule has 0 aromatic carbocycles. The highest BCUT2D eigenvalue weighted by Gasteiger charge is 2.06. The molecule has 0 saturated heterocycles. The summed E-state index contributed by atoms with van der Waals surface area (Å²) in [7, 11) is 0. The molecule has 2 heterocycles. The molecule has 14 heavy (non-hydrogen) atoms. The molecule has 0 spiro atoms. The highest BCUT2D eigenvalue weighted by atomic mass is 79.9. The van der Waals surface area contributed by atoms with Crippen LogP contribution in [-0.2, 0) is 0 Å². The predicted molar refractivity (Wildman–Crippen MR) is 62.8 cm³/mol. The normalized spacial score (nSPS) is 10.5. The Bertz CT molecular complexity index is 449. The van der Waals surface area contributed by atoms with Crippen LogP contribution < -0.4 is 0 Å². The molecule has 0 amide bonds. The molecule has 0 bridgehead atoms. The summed E-state index contributed by atoms with van der Waals surface area (Å²) in [5.74, 6) is 0.686. The lowest BCUT2D eigenvalue weighted by Crippen LogP contribution is -1.89. The molecule has 2 aromatic rings. The van der Waals surface area contributed by atoms with Crippen LogP contribution in [0.25, 0.3) is 10.7 Å². The van der Waals surface area contributed by atoms with Gasteiger partial charge in [0.25, 0.3) is 0 Å². The van der Waals surface area contributed by atoms with E-state index in [1.807, 2.05) is 19.1 Å². The van der Waals surface area contributed by atoms with Crippen LogP contribution in [0.15, 0.2) is 22.0 Å². The van der Waals surface area contributed by atoms with Crippen molar-refractivity contribution in [1.29, 1.82) is 0 Å². The van der Waals surface area contributed by atoms with E-state index in [-0.39, 0.29) is 0 Å². The van der Waals surface area contributed by atoms with Gasteiger partial charge in [0.2, 0.25) is 0 Å². The molecule has 0 fully saturated rings. The summed E-state index contributed by atoms with van der Waals surface area (Å²) in [6.45, 7) is 1.90. The fraction of sp³-hybridized carbons (Fsp3) is 0.111. The lowest BCUT2D eigenvalue weighted by molar-refractivity contribution is 1.12. The van der Waals surface area contributed by atoms with Crippen LogP contribution in [0, 0.1) is 6.92 Å². The van der Waals surface area contributed by atoms with Gasteiger partial charge in [0, 0.05) is 5.69 Å². The third kappa shape index (κ3) is 2.13. The molecular weight excluding hydrogens is 284 g/mol. The molecule has 72 valence electrons. The minimum atomic E-state index is 0.483. The van der Waals surface area contributed by atoms with E-state index in [1.165, 1.54) is 0 Å². The molecule has 5 heteroatoms. The van der Waals surface area contributed by atoms with Gasteiger partial charge in [0.1, 0.15) is 5.15 Å². The van der Waals surface area contributed by atoms with Gasteiger partial charge in [-0.1, -0.05) is 11.6 Å². The minimum Gasteiger partial charge on any atom is -0.233 e. The molecule has 0 radical (unpaired) electrons. The molecule has 0 aliphatic rings. The molecular formula is C9H6BrClN2S. The Hall–Kier alpha value is -0.450. The zero-order valence-corrected chi connectivity index (χ0v) is 10.4. The molecule has 0 aliphatic heterocycles. The Morgan fingerprint density at radius 3 is 2.71 bits per heavy atom. The van der Waals surface area contributed by atoms with E-state index < -0.39 is 0 Å². The third-order valence-electron chi connectivity index (χ3n) is 1.62. The maximum Gasteiger partial charge on any atom is 0.171 e. The average Bonchev–Trinajstić information content (AvgIpc) is 2.50. The van der Waals surface area contributed by atoms with Crippen molar-refractivity contribution < 1.29 is 0 Å². The van der Waals surface area contributed by atoms with Crippen molar-refractivity contribution in [2.45, 2.75) is 6.92 Å². The lowest BCUT2D eigenvalue weighted by Gasteiger charge is -1.98. The molecule has 0 atom stereocenters. The molecule has 2 nitrogen and oxygen atoms in total. The number of rotatable bonds is 1. The van der Waals surface area contributed by atoms with Crippen molar-refractivity contribution >= 4 is 38.9 Å². The number of hydrogen-bond acceptors (Lipinski definition) is 3. The fourth-order valence-corrected chi connectivity index (χ4v) is 2.63. The van der Waals surface area contributed by atoms with Crippen LogP contribution in [-0.4, -0.2) is 9.97 Å². The van der Waals surface area contributed by atoms with Crippen molar-refractivity contribution in [3.8, 4) is 10.7 Å². The predicted octanol–water partition coefficient (Wildman–Crippen LogP) is 3.93. The monoisotopic (exact) mass is 288 g/mol. The summed E-state index contributed by atoms with van der Waals surface area (Å²) in [4.78, 5) is 9.49. The van der Waals surface area contributed by atoms with Gasteiger partial charge < -0.3 is 0 Å². The standard InChI is InChI=1S/C9H6BrClN2S/c1-5-4-8(11)13-9(12-5)6-2-3-7(10)14-6/h2-4H,1H3. The van der Waals surface area contributed by atoms with Crippen molar-refractivity contribution in [2.75, 3.05) is 0 Å². The first-order chi connectivity index (χ1) is 6.65. The molecule has 0 N–H and O–H groups in total. The number of aryl methyl sites for hydroxylation is 1. The number of nitrogens with zero attached hydrogens (tertiary/aromatic N) is 2. The number of halogens is 2. The van der Waals surface area contributed by atoms with Crippen LogP contribution >= 0.6 is 38.9 Å². The zero-order valence-electron chi connectivity index (χ0n) is 7.29. The number of hydrogen-bond donors (Lipinski definition) is 0. The Morgan fingerprint density at radius 1 is 1.36 bits per heavy atom. The van der Waals surface area contributed by atoms with Gasteiger partial charge in [0.15, 0.2) is 5.82 Å². The van der Waals surface area contributed by atoms with E-state index in [9.17, 15) is 0 Å². The second-order valence-corrected chi connectivity index (χ2v) is 5.61. The van der Waals surface area contributed by atoms with Gasteiger partial charge >= 0.3 is 0 Å². The summed E-state index contributed by atoms with van der Waals surface area (Å²) < 4.78 is 1.06. The van der Waals surface area contributed by atoms with Crippen LogP contribution in [0.3, 0.4) is 0 Å². The van der Waals surface area contributed by atoms with Crippen LogP contribution in [0.2, 0.25) is 5.15 Å². The minimum absolute atomic E-state index is 0.483. The van der Waals surface area contributed by atoms with E-state index in [2.05, 4.69) is 25.9 Å². The first kappa shape index (κ1) is 10.1. The highest BCUT2D eigenvalue weighted by molar-refractivity contribution is 9.11. The largest absolute Gasteiger partial charge is 0.233 e. The summed E-state index contributed by atoms with van der Waals surface area (Å²) in [6, 6.07) is 5.69. The zero-order chi connectivity index (χ0) is 10.1. The van der Waals surface area contributed by atoms with Crippen LogP contribution in [0.5, 0.6) is 0 Å². The van der Waals surface area contributed by atoms with Gasteiger partial charge in [0.05, 0.1) is 8.66 Å². The second-order valence-electron chi connectivity index (χ2n) is 2.76. The third-order valence-corrected chi connectivity index (χ3v) is 3.43. The first-order valence-electron chi connectivity index (χ1n) is 3.92. The maximum atomic E-state index is 5.85. The van der Waals surface area contributed by atoms with Crippen LogP contribution in [0.4, 0.5) is 0 Å². The average molecular weight is 290 g/mol. The second kappa shape index (κ2) is 3.96. The van der Waals surface area contributed by atoms with E-state index in [4.69, 9.17) is 11.6 Å². The smallest absolute Gasteiger partial charge is 0.171 e. The van der Waals surface area contributed by atoms with E-state index >= 15 is 0 Å². The van der Waals surface area contributed by atoms with Gasteiger partial charge in [-0.05, 0) is 41.1 Å². The lowest BCUT2D eigenvalue weighted by atomic mass is 10.4. The van der Waals surface area contributed by atoms with Crippen molar-refractivity contribution in [3.05, 3.63) is 32.8 Å². The molecule has 0 aliphatic carbocycles. The maximum absolute atomic E-state index is 5.85. The van der Waals surface area contributed by atoms with E-state index in [1.54, 1.807) is 17.4 Å². The van der Waals surface area contributed by atoms with E-state index in [0.29, 0.717) is 11.0 Å². The van der Waals surface area contributed by atoms with Gasteiger partial charge in [-0.25, -0.2) is 9.97 Å². The van der Waals surface area contributed by atoms with Crippen LogP contribution in [0.1, 0.15) is 5.69 Å². The van der Waals surface area contributed by atoms with E-state index in [0.717, 1.165) is 14.4 Å². The molecule has 0 unspecified atom stereocenters. The van der Waals surface area contributed by atoms with Gasteiger partial charge in [-0.3, -0.25) is 0 Å². The molecule has 2 rings (SSSR count). The fourth-order valence-electron chi connectivity index (χ4n) is 1.07. The summed E-state index contributed by atoms with van der Waals surface area (Å²) in [5, 5.41) is 0.483. The topological polar surface area (TPSA) is 25.8 Å². The summed E-state index contributed by atoms with van der Waals surface area (Å²) >= 11 is 10.8. The van der Waals surface area contributed by atoms with Crippen molar-refractivity contribution in [2.24, 2.45) is 0 Å². The molecule has 2 aromatic heterocycles. The Morgan fingerprint density at radius 2 is 2.14 bits per heavy atom. The Kier molecular flexibility index (Phi) is 2.85. The summed E-state index contributed by atoms with van der Waals surface area (Å²) in [6.07, 6.45) is 0. The quantitative estimate of drug-likeness (QED) is 0.743. The Labute approximate surface area is 99.1 Å². The number of aromatic nitrogens is 2.